The molecule has 0 aliphatic heterocycles. The van der Waals surface area contributed by atoms with Crippen molar-refractivity contribution < 1.29 is 4.79 Å². The van der Waals surface area contributed by atoms with Gasteiger partial charge in [-0.15, -0.1) is 0 Å². The van der Waals surface area contributed by atoms with Crippen molar-refractivity contribution in [3.63, 3.8) is 0 Å². The highest BCUT2D eigenvalue weighted by molar-refractivity contribution is 6.04. The molecule has 1 aliphatic carbocycles. The number of rotatable bonds is 5. The average molecular weight is 363 g/mol. The van der Waals surface area contributed by atoms with Crippen LogP contribution in [0.1, 0.15) is 45.9 Å². The van der Waals surface area contributed by atoms with E-state index in [1.165, 1.54) is 4.57 Å². The van der Waals surface area contributed by atoms with Gasteiger partial charge in [-0.25, -0.2) is 0 Å². The number of hydrogen-bond donors (Lipinski definition) is 1. The highest BCUT2D eigenvalue weighted by atomic mass is 16.2. The summed E-state index contributed by atoms with van der Waals surface area (Å²) in [6.45, 7) is 2.13. The topological polar surface area (TPSA) is 81.8 Å². The van der Waals surface area contributed by atoms with Crippen molar-refractivity contribution in [3.05, 3.63) is 75.6 Å². The van der Waals surface area contributed by atoms with Crippen LogP contribution in [-0.4, -0.2) is 25.2 Å². The summed E-state index contributed by atoms with van der Waals surface area (Å²) in [6, 6.07) is 7.39. The van der Waals surface area contributed by atoms with E-state index in [4.69, 9.17) is 0 Å². The minimum absolute atomic E-state index is 0.149. The first-order valence-corrected chi connectivity index (χ1v) is 8.97. The molecule has 0 radical (unpaired) electrons. The van der Waals surface area contributed by atoms with Crippen LogP contribution in [0.5, 0.6) is 0 Å². The molecule has 3 heterocycles. The monoisotopic (exact) mass is 363 g/mol. The molecule has 1 fully saturated rings. The van der Waals surface area contributed by atoms with Gasteiger partial charge in [0.25, 0.3) is 11.5 Å². The van der Waals surface area contributed by atoms with Crippen LogP contribution < -0.4 is 10.9 Å². The minimum Gasteiger partial charge on any atom is -0.310 e. The number of aromatic nitrogens is 4. The molecule has 138 valence electrons. The van der Waals surface area contributed by atoms with Crippen LogP contribution in [0.4, 0.5) is 5.82 Å². The summed E-state index contributed by atoms with van der Waals surface area (Å²) in [7, 11) is 1.79. The van der Waals surface area contributed by atoms with Gasteiger partial charge >= 0.3 is 0 Å². The molecule has 7 heteroatoms. The third-order valence-corrected chi connectivity index (χ3v) is 4.81. The standard InChI is InChI=1S/C20H21N5O2/c1-13-7-9-25(12-14-4-3-8-21-11-14)20(27)18(13)19(26)22-17-10-16(15-5-6-15)23-24(17)2/h3-4,7-11,15H,5-6,12H2,1-2H3,(H,22,26). The molecule has 1 aliphatic rings. The van der Waals surface area contributed by atoms with Crippen molar-refractivity contribution in [1.29, 1.82) is 0 Å². The maximum Gasteiger partial charge on any atom is 0.263 e. The summed E-state index contributed by atoms with van der Waals surface area (Å²) in [4.78, 5) is 29.8. The Labute approximate surface area is 156 Å². The van der Waals surface area contributed by atoms with Gasteiger partial charge in [0, 0.05) is 37.6 Å². The first-order valence-electron chi connectivity index (χ1n) is 8.97. The molecule has 0 atom stereocenters. The number of aryl methyl sites for hydroxylation is 2. The van der Waals surface area contributed by atoms with Crippen molar-refractivity contribution in [2.45, 2.75) is 32.2 Å². The molecular formula is C20H21N5O2. The van der Waals surface area contributed by atoms with Gasteiger partial charge in [0.15, 0.2) is 0 Å². The van der Waals surface area contributed by atoms with Crippen LogP contribution in [0.25, 0.3) is 0 Å². The zero-order valence-electron chi connectivity index (χ0n) is 15.3. The highest BCUT2D eigenvalue weighted by Gasteiger charge is 2.27. The van der Waals surface area contributed by atoms with Gasteiger partial charge < -0.3 is 9.88 Å². The molecule has 4 rings (SSSR count). The Morgan fingerprint density at radius 3 is 2.85 bits per heavy atom. The number of carbonyl (C=O) groups excluding carboxylic acids is 1. The molecule has 3 aromatic rings. The summed E-state index contributed by atoms with van der Waals surface area (Å²) in [6.07, 6.45) is 7.38. The number of anilines is 1. The van der Waals surface area contributed by atoms with Crippen molar-refractivity contribution in [3.8, 4) is 0 Å². The number of nitrogens with one attached hydrogen (secondary N) is 1. The van der Waals surface area contributed by atoms with Gasteiger partial charge in [0.2, 0.25) is 0 Å². The van der Waals surface area contributed by atoms with E-state index in [1.54, 1.807) is 43.3 Å². The number of hydrogen-bond acceptors (Lipinski definition) is 4. The van der Waals surface area contributed by atoms with Gasteiger partial charge in [-0.2, -0.15) is 5.10 Å². The van der Waals surface area contributed by atoms with Gasteiger partial charge in [0.1, 0.15) is 11.4 Å². The Hall–Kier alpha value is -3.22. The van der Waals surface area contributed by atoms with E-state index < -0.39 is 5.91 Å². The Balaban J connectivity index is 1.61. The van der Waals surface area contributed by atoms with Crippen LogP contribution in [-0.2, 0) is 13.6 Å². The fourth-order valence-corrected chi connectivity index (χ4v) is 3.12. The molecule has 1 saturated carbocycles. The second-order valence-corrected chi connectivity index (χ2v) is 6.97. The molecule has 0 bridgehead atoms. The van der Waals surface area contributed by atoms with E-state index in [1.807, 2.05) is 18.2 Å². The molecular weight excluding hydrogens is 342 g/mol. The smallest absolute Gasteiger partial charge is 0.263 e. The lowest BCUT2D eigenvalue weighted by Crippen LogP contribution is -2.30. The molecule has 0 unspecified atom stereocenters. The van der Waals surface area contributed by atoms with E-state index in [2.05, 4.69) is 15.4 Å². The SMILES string of the molecule is Cc1ccn(Cc2cccnc2)c(=O)c1C(=O)Nc1cc(C2CC2)nn1C. The van der Waals surface area contributed by atoms with Gasteiger partial charge in [-0.3, -0.25) is 19.3 Å². The quantitative estimate of drug-likeness (QED) is 0.755. The fraction of sp³-hybridized carbons (Fsp3) is 0.300. The summed E-state index contributed by atoms with van der Waals surface area (Å²) in [5.41, 5.74) is 2.36. The second kappa shape index (κ2) is 6.83. The van der Waals surface area contributed by atoms with Crippen LogP contribution in [0.2, 0.25) is 0 Å². The maximum atomic E-state index is 12.9. The van der Waals surface area contributed by atoms with E-state index in [0.717, 1.165) is 24.1 Å². The van der Waals surface area contributed by atoms with E-state index in [0.29, 0.717) is 23.8 Å². The van der Waals surface area contributed by atoms with Crippen LogP contribution >= 0.6 is 0 Å². The van der Waals surface area contributed by atoms with E-state index in [-0.39, 0.29) is 11.1 Å². The van der Waals surface area contributed by atoms with Gasteiger partial charge in [0.05, 0.1) is 12.2 Å². The molecule has 3 aromatic heterocycles. The number of amides is 1. The Kier molecular flexibility index (Phi) is 4.35. The molecule has 1 amide bonds. The molecule has 0 aromatic carbocycles. The lowest BCUT2D eigenvalue weighted by Gasteiger charge is -2.11. The first-order chi connectivity index (χ1) is 13.0. The number of nitrogens with zero attached hydrogens (tertiary/aromatic N) is 4. The average Bonchev–Trinajstić information content (AvgIpc) is 3.43. The molecule has 27 heavy (non-hydrogen) atoms. The molecule has 0 spiro atoms. The molecule has 7 nitrogen and oxygen atoms in total. The zero-order valence-corrected chi connectivity index (χ0v) is 15.3. The Morgan fingerprint density at radius 1 is 1.33 bits per heavy atom. The zero-order chi connectivity index (χ0) is 19.0. The molecule has 0 saturated heterocycles. The lowest BCUT2D eigenvalue weighted by molar-refractivity contribution is 0.102. The third kappa shape index (κ3) is 3.53. The maximum absolute atomic E-state index is 12.9. The minimum atomic E-state index is -0.414. The fourth-order valence-electron chi connectivity index (χ4n) is 3.12. The summed E-state index contributed by atoms with van der Waals surface area (Å²) < 4.78 is 3.18. The number of pyridine rings is 2. The lowest BCUT2D eigenvalue weighted by atomic mass is 10.1. The van der Waals surface area contributed by atoms with Crippen LogP contribution in [0, 0.1) is 6.92 Å². The second-order valence-electron chi connectivity index (χ2n) is 6.97. The molecule has 1 N–H and O–H groups in total. The van der Waals surface area contributed by atoms with Gasteiger partial charge in [-0.05, 0) is 43.0 Å². The van der Waals surface area contributed by atoms with Crippen LogP contribution in [0.3, 0.4) is 0 Å². The van der Waals surface area contributed by atoms with Crippen molar-refractivity contribution in [1.82, 2.24) is 19.3 Å². The van der Waals surface area contributed by atoms with Crippen LogP contribution in [0.15, 0.2) is 47.7 Å². The third-order valence-electron chi connectivity index (χ3n) is 4.81. The van der Waals surface area contributed by atoms with Crippen molar-refractivity contribution >= 4 is 11.7 Å². The Morgan fingerprint density at radius 2 is 2.15 bits per heavy atom. The van der Waals surface area contributed by atoms with Gasteiger partial charge in [-0.1, -0.05) is 6.07 Å². The van der Waals surface area contributed by atoms with Crippen molar-refractivity contribution in [2.24, 2.45) is 7.05 Å². The number of carbonyl (C=O) groups is 1. The van der Waals surface area contributed by atoms with Crippen molar-refractivity contribution in [2.75, 3.05) is 5.32 Å². The predicted octanol–water partition coefficient (Wildman–Crippen LogP) is 2.46. The van der Waals surface area contributed by atoms with E-state index in [9.17, 15) is 9.59 Å². The summed E-state index contributed by atoms with van der Waals surface area (Å²) in [5, 5.41) is 7.29. The van der Waals surface area contributed by atoms with E-state index >= 15 is 0 Å². The normalized spacial score (nSPS) is 13.6. The summed E-state index contributed by atoms with van der Waals surface area (Å²) in [5.74, 6) is 0.684. The predicted molar refractivity (Wildman–Crippen MR) is 102 cm³/mol. The summed E-state index contributed by atoms with van der Waals surface area (Å²) >= 11 is 0. The largest absolute Gasteiger partial charge is 0.310 e. The highest BCUT2D eigenvalue weighted by Crippen LogP contribution is 2.39. The first kappa shape index (κ1) is 17.2. The Bertz CT molecular complexity index is 1050.